The lowest BCUT2D eigenvalue weighted by Gasteiger charge is -2.12. The number of hydrogen-bond acceptors (Lipinski definition) is 1. The summed E-state index contributed by atoms with van der Waals surface area (Å²) in [5.74, 6) is 1.23. The molecule has 0 heterocycles. The molecule has 1 rings (SSSR count). The van der Waals surface area contributed by atoms with Crippen LogP contribution in [0.15, 0.2) is 24.3 Å². The summed E-state index contributed by atoms with van der Waals surface area (Å²) in [4.78, 5) is 11.9. The molecule has 1 unspecified atom stereocenters. The third-order valence-electron chi connectivity index (χ3n) is 4.05. The minimum atomic E-state index is 0.259. The number of Topliss-reactive ketones (excluding diaryl/α,β-unsaturated/α-hetero) is 1. The highest BCUT2D eigenvalue weighted by molar-refractivity contribution is 5.83. The average molecular weight is 262 g/mol. The van der Waals surface area contributed by atoms with Gasteiger partial charge < -0.3 is 0 Å². The summed E-state index contributed by atoms with van der Waals surface area (Å²) in [6.45, 7) is 4.38. The number of unbranched alkanes of at least 4 members (excludes halogenated alkanes) is 4. The van der Waals surface area contributed by atoms with Gasteiger partial charge in [0.2, 0.25) is 0 Å². The molecule has 19 heavy (non-hydrogen) atoms. The fourth-order valence-corrected chi connectivity index (χ4v) is 2.84. The number of carbonyl (C=O) groups excluding carboxylic acids is 1. The zero-order valence-corrected chi connectivity index (χ0v) is 12.7. The SMILES string of the molecule is CC/C=C\C[C@H]1C(=O)CCC1/C=C/CCCCCC. The van der Waals surface area contributed by atoms with Crippen LogP contribution in [0.2, 0.25) is 0 Å². The highest BCUT2D eigenvalue weighted by Crippen LogP contribution is 2.32. The van der Waals surface area contributed by atoms with E-state index in [4.69, 9.17) is 0 Å². The van der Waals surface area contributed by atoms with Crippen molar-refractivity contribution in [3.63, 3.8) is 0 Å². The van der Waals surface area contributed by atoms with E-state index in [-0.39, 0.29) is 5.92 Å². The zero-order valence-electron chi connectivity index (χ0n) is 12.7. The van der Waals surface area contributed by atoms with Crippen LogP contribution in [0.25, 0.3) is 0 Å². The van der Waals surface area contributed by atoms with Gasteiger partial charge in [-0.3, -0.25) is 4.79 Å². The largest absolute Gasteiger partial charge is 0.299 e. The fraction of sp³-hybridized carbons (Fsp3) is 0.722. The smallest absolute Gasteiger partial charge is 0.136 e. The lowest BCUT2D eigenvalue weighted by atomic mass is 9.91. The predicted molar refractivity (Wildman–Crippen MR) is 83.2 cm³/mol. The van der Waals surface area contributed by atoms with Crippen molar-refractivity contribution in [2.75, 3.05) is 0 Å². The van der Waals surface area contributed by atoms with Gasteiger partial charge in [-0.2, -0.15) is 0 Å². The summed E-state index contributed by atoms with van der Waals surface area (Å²) in [6, 6.07) is 0. The molecule has 0 aromatic rings. The lowest BCUT2D eigenvalue weighted by molar-refractivity contribution is -0.120. The fourth-order valence-electron chi connectivity index (χ4n) is 2.84. The monoisotopic (exact) mass is 262 g/mol. The maximum Gasteiger partial charge on any atom is 0.136 e. The van der Waals surface area contributed by atoms with E-state index in [1.807, 2.05) is 0 Å². The van der Waals surface area contributed by atoms with Crippen LogP contribution in [-0.2, 0) is 4.79 Å². The Bertz CT molecular complexity index is 301. The molecule has 0 spiro atoms. The molecule has 1 fully saturated rings. The van der Waals surface area contributed by atoms with Gasteiger partial charge in [-0.1, -0.05) is 57.4 Å². The maximum absolute atomic E-state index is 11.9. The van der Waals surface area contributed by atoms with Crippen molar-refractivity contribution in [2.45, 2.75) is 71.6 Å². The van der Waals surface area contributed by atoms with Crippen LogP contribution in [0.1, 0.15) is 71.6 Å². The first-order chi connectivity index (χ1) is 9.29. The van der Waals surface area contributed by atoms with E-state index >= 15 is 0 Å². The standard InChI is InChI=1S/C18H30O/c1-3-5-7-8-9-11-12-16-14-15-18(19)17(16)13-10-6-4-2/h6,10-12,16-17H,3-5,7-9,13-15H2,1-2H3/b10-6-,12-11+/t16?,17-/m1/s1. The molecule has 1 nitrogen and oxygen atoms in total. The molecule has 0 aromatic carbocycles. The molecule has 1 saturated carbocycles. The van der Waals surface area contributed by atoms with E-state index in [1.54, 1.807) is 0 Å². The predicted octanol–water partition coefficient (Wildman–Crippen LogP) is 5.46. The minimum absolute atomic E-state index is 0.259. The summed E-state index contributed by atoms with van der Waals surface area (Å²) in [5.41, 5.74) is 0. The molecule has 0 N–H and O–H groups in total. The summed E-state index contributed by atoms with van der Waals surface area (Å²) in [5, 5.41) is 0. The molecule has 0 aromatic heterocycles. The van der Waals surface area contributed by atoms with Crippen LogP contribution in [0.5, 0.6) is 0 Å². The van der Waals surface area contributed by atoms with Gasteiger partial charge in [0.05, 0.1) is 0 Å². The van der Waals surface area contributed by atoms with Crippen LogP contribution in [0.4, 0.5) is 0 Å². The molecular formula is C18H30O. The van der Waals surface area contributed by atoms with Gasteiger partial charge in [-0.25, -0.2) is 0 Å². The minimum Gasteiger partial charge on any atom is -0.299 e. The van der Waals surface area contributed by atoms with Crippen molar-refractivity contribution in [1.29, 1.82) is 0 Å². The summed E-state index contributed by atoms with van der Waals surface area (Å²) in [7, 11) is 0. The van der Waals surface area contributed by atoms with E-state index < -0.39 is 0 Å². The van der Waals surface area contributed by atoms with Crippen molar-refractivity contribution in [2.24, 2.45) is 11.8 Å². The Labute approximate surface area is 119 Å². The van der Waals surface area contributed by atoms with E-state index in [9.17, 15) is 4.79 Å². The van der Waals surface area contributed by atoms with Gasteiger partial charge in [0, 0.05) is 12.3 Å². The Hall–Kier alpha value is -0.850. The molecule has 0 aliphatic heterocycles. The van der Waals surface area contributed by atoms with Crippen molar-refractivity contribution < 1.29 is 4.79 Å². The Morgan fingerprint density at radius 2 is 1.95 bits per heavy atom. The highest BCUT2D eigenvalue weighted by Gasteiger charge is 2.31. The van der Waals surface area contributed by atoms with Crippen molar-refractivity contribution in [3.8, 4) is 0 Å². The quantitative estimate of drug-likeness (QED) is 0.398. The van der Waals surface area contributed by atoms with Gasteiger partial charge in [0.1, 0.15) is 5.78 Å². The van der Waals surface area contributed by atoms with Crippen LogP contribution in [0, 0.1) is 11.8 Å². The molecule has 0 saturated heterocycles. The van der Waals surface area contributed by atoms with Crippen LogP contribution < -0.4 is 0 Å². The number of rotatable bonds is 9. The van der Waals surface area contributed by atoms with Gasteiger partial charge in [0.15, 0.2) is 0 Å². The van der Waals surface area contributed by atoms with Crippen molar-refractivity contribution in [3.05, 3.63) is 24.3 Å². The molecule has 0 amide bonds. The highest BCUT2D eigenvalue weighted by atomic mass is 16.1. The van der Waals surface area contributed by atoms with Gasteiger partial charge in [-0.05, 0) is 38.0 Å². The first kappa shape index (κ1) is 16.2. The second kappa shape index (κ2) is 10.00. The van der Waals surface area contributed by atoms with Gasteiger partial charge >= 0.3 is 0 Å². The van der Waals surface area contributed by atoms with Crippen molar-refractivity contribution >= 4 is 5.78 Å². The Morgan fingerprint density at radius 3 is 2.68 bits per heavy atom. The molecule has 2 atom stereocenters. The Kier molecular flexibility index (Phi) is 8.53. The van der Waals surface area contributed by atoms with E-state index in [0.29, 0.717) is 11.7 Å². The molecular weight excluding hydrogens is 232 g/mol. The Balaban J connectivity index is 2.32. The average Bonchev–Trinajstić information content (AvgIpc) is 2.76. The third kappa shape index (κ3) is 6.22. The van der Waals surface area contributed by atoms with E-state index in [0.717, 1.165) is 25.7 Å². The third-order valence-corrected chi connectivity index (χ3v) is 4.05. The second-order valence-electron chi connectivity index (χ2n) is 5.67. The topological polar surface area (TPSA) is 17.1 Å². The molecule has 108 valence electrons. The summed E-state index contributed by atoms with van der Waals surface area (Å²) >= 11 is 0. The molecule has 1 aliphatic carbocycles. The van der Waals surface area contributed by atoms with E-state index in [2.05, 4.69) is 38.2 Å². The first-order valence-electron chi connectivity index (χ1n) is 8.14. The van der Waals surface area contributed by atoms with Crippen LogP contribution in [-0.4, -0.2) is 5.78 Å². The van der Waals surface area contributed by atoms with Gasteiger partial charge in [-0.15, -0.1) is 0 Å². The normalized spacial score (nSPS) is 24.0. The van der Waals surface area contributed by atoms with E-state index in [1.165, 1.54) is 32.1 Å². The molecule has 0 bridgehead atoms. The Morgan fingerprint density at radius 1 is 1.11 bits per heavy atom. The molecule has 1 heteroatoms. The van der Waals surface area contributed by atoms with Crippen LogP contribution in [0.3, 0.4) is 0 Å². The van der Waals surface area contributed by atoms with Crippen molar-refractivity contribution in [1.82, 2.24) is 0 Å². The van der Waals surface area contributed by atoms with Gasteiger partial charge in [0.25, 0.3) is 0 Å². The number of ketones is 1. The molecule has 0 radical (unpaired) electrons. The number of allylic oxidation sites excluding steroid dienone is 4. The number of carbonyl (C=O) groups is 1. The summed E-state index contributed by atoms with van der Waals surface area (Å²) in [6.07, 6.45) is 19.3. The maximum atomic E-state index is 11.9. The first-order valence-corrected chi connectivity index (χ1v) is 8.14. The number of hydrogen-bond donors (Lipinski definition) is 0. The molecule has 1 aliphatic rings. The lowest BCUT2D eigenvalue weighted by Crippen LogP contribution is -2.12. The van der Waals surface area contributed by atoms with Crippen LogP contribution >= 0.6 is 0 Å². The zero-order chi connectivity index (χ0) is 13.9. The second-order valence-corrected chi connectivity index (χ2v) is 5.67. The summed E-state index contributed by atoms with van der Waals surface area (Å²) < 4.78 is 0.